The number of imidazole rings is 1. The van der Waals surface area contributed by atoms with Crippen LogP contribution < -0.4 is 11.1 Å². The number of hydrogen-bond acceptors (Lipinski definition) is 3. The number of carbonyl (C=O) groups is 1. The van der Waals surface area contributed by atoms with Crippen molar-refractivity contribution in [3.63, 3.8) is 0 Å². The standard InChI is InChI=1S/C20H24N4O/c1-2-5-17(21)20(25)22-12-15-8-10-16(11-9-15)13-24-14-23-18-6-3-4-7-19(18)24/h3-4,6-11,14,17H,2,5,12-13,21H2,1H3,(H,22,25). The topological polar surface area (TPSA) is 72.9 Å². The fourth-order valence-electron chi connectivity index (χ4n) is 2.86. The van der Waals surface area contributed by atoms with Gasteiger partial charge in [-0.3, -0.25) is 4.79 Å². The molecule has 0 aliphatic carbocycles. The van der Waals surface area contributed by atoms with E-state index in [1.165, 1.54) is 5.56 Å². The molecule has 0 saturated heterocycles. The number of amides is 1. The number of fused-ring (bicyclic) bond motifs is 1. The van der Waals surface area contributed by atoms with Crippen molar-refractivity contribution >= 4 is 16.9 Å². The molecule has 3 aromatic rings. The molecule has 2 aromatic carbocycles. The summed E-state index contributed by atoms with van der Waals surface area (Å²) in [5.41, 5.74) is 10.2. The smallest absolute Gasteiger partial charge is 0.237 e. The molecule has 0 radical (unpaired) electrons. The second-order valence-corrected chi connectivity index (χ2v) is 6.29. The Morgan fingerprint density at radius 3 is 2.64 bits per heavy atom. The zero-order valence-corrected chi connectivity index (χ0v) is 14.5. The van der Waals surface area contributed by atoms with Gasteiger partial charge in [0.25, 0.3) is 0 Å². The molecule has 0 aliphatic rings. The van der Waals surface area contributed by atoms with Crippen LogP contribution in [0.3, 0.4) is 0 Å². The normalized spacial score (nSPS) is 12.2. The van der Waals surface area contributed by atoms with Gasteiger partial charge in [-0.15, -0.1) is 0 Å². The minimum absolute atomic E-state index is 0.0872. The van der Waals surface area contributed by atoms with E-state index in [1.54, 1.807) is 0 Å². The van der Waals surface area contributed by atoms with Gasteiger partial charge in [0, 0.05) is 13.1 Å². The lowest BCUT2D eigenvalue weighted by Crippen LogP contribution is -2.40. The lowest BCUT2D eigenvalue weighted by atomic mass is 10.1. The third kappa shape index (κ3) is 4.25. The Balaban J connectivity index is 1.60. The van der Waals surface area contributed by atoms with Crippen LogP contribution in [0, 0.1) is 0 Å². The first-order valence-corrected chi connectivity index (χ1v) is 8.68. The number of para-hydroxylation sites is 2. The third-order valence-electron chi connectivity index (χ3n) is 4.31. The molecule has 25 heavy (non-hydrogen) atoms. The van der Waals surface area contributed by atoms with E-state index in [2.05, 4.69) is 33.1 Å². The fraction of sp³-hybridized carbons (Fsp3) is 0.300. The fourth-order valence-corrected chi connectivity index (χ4v) is 2.86. The molecular formula is C20H24N4O. The molecule has 1 unspecified atom stereocenters. The Kier molecular flexibility index (Phi) is 5.46. The summed E-state index contributed by atoms with van der Waals surface area (Å²) < 4.78 is 2.13. The van der Waals surface area contributed by atoms with E-state index in [4.69, 9.17) is 5.73 Å². The Hall–Kier alpha value is -2.66. The van der Waals surface area contributed by atoms with E-state index < -0.39 is 6.04 Å². The molecule has 1 atom stereocenters. The van der Waals surface area contributed by atoms with Crippen LogP contribution in [0.15, 0.2) is 54.9 Å². The highest BCUT2D eigenvalue weighted by atomic mass is 16.2. The molecule has 0 spiro atoms. The van der Waals surface area contributed by atoms with Crippen molar-refractivity contribution in [2.24, 2.45) is 5.73 Å². The van der Waals surface area contributed by atoms with E-state index in [0.29, 0.717) is 13.0 Å². The zero-order valence-electron chi connectivity index (χ0n) is 14.5. The lowest BCUT2D eigenvalue weighted by Gasteiger charge is -2.11. The number of aromatic nitrogens is 2. The first-order chi connectivity index (χ1) is 12.2. The van der Waals surface area contributed by atoms with Crippen LogP contribution in [0.1, 0.15) is 30.9 Å². The van der Waals surface area contributed by atoms with Gasteiger partial charge in [-0.25, -0.2) is 4.98 Å². The number of nitrogens with two attached hydrogens (primary N) is 1. The van der Waals surface area contributed by atoms with E-state index in [0.717, 1.165) is 29.6 Å². The highest BCUT2D eigenvalue weighted by Gasteiger charge is 2.11. The molecular weight excluding hydrogens is 312 g/mol. The quantitative estimate of drug-likeness (QED) is 0.697. The van der Waals surface area contributed by atoms with Gasteiger partial charge in [-0.05, 0) is 29.7 Å². The van der Waals surface area contributed by atoms with Crippen LogP contribution in [0.5, 0.6) is 0 Å². The molecule has 5 nitrogen and oxygen atoms in total. The Bertz CT molecular complexity index is 838. The first kappa shape index (κ1) is 17.2. The van der Waals surface area contributed by atoms with Crippen LogP contribution in [0.2, 0.25) is 0 Å². The van der Waals surface area contributed by atoms with Crippen LogP contribution >= 0.6 is 0 Å². The van der Waals surface area contributed by atoms with Crippen molar-refractivity contribution in [2.45, 2.75) is 38.9 Å². The Labute approximate surface area is 147 Å². The zero-order chi connectivity index (χ0) is 17.6. The maximum absolute atomic E-state index is 11.9. The second kappa shape index (κ2) is 7.94. The molecule has 0 aliphatic heterocycles. The summed E-state index contributed by atoms with van der Waals surface area (Å²) in [7, 11) is 0. The van der Waals surface area contributed by atoms with Gasteiger partial charge in [-0.1, -0.05) is 49.7 Å². The average molecular weight is 336 g/mol. The Morgan fingerprint density at radius 1 is 1.16 bits per heavy atom. The highest BCUT2D eigenvalue weighted by Crippen LogP contribution is 2.14. The summed E-state index contributed by atoms with van der Waals surface area (Å²) in [5.74, 6) is -0.0872. The summed E-state index contributed by atoms with van der Waals surface area (Å²) in [6.07, 6.45) is 3.49. The number of rotatable bonds is 7. The van der Waals surface area contributed by atoms with Crippen LogP contribution in [0.4, 0.5) is 0 Å². The van der Waals surface area contributed by atoms with Gasteiger partial charge in [0.2, 0.25) is 5.91 Å². The number of benzene rings is 2. The predicted octanol–water partition coefficient (Wildman–Crippen LogP) is 2.83. The summed E-state index contributed by atoms with van der Waals surface area (Å²) in [4.78, 5) is 16.3. The molecule has 130 valence electrons. The summed E-state index contributed by atoms with van der Waals surface area (Å²) in [6.45, 7) is 3.30. The maximum atomic E-state index is 11.9. The molecule has 1 aromatic heterocycles. The van der Waals surface area contributed by atoms with Crippen LogP contribution in [-0.4, -0.2) is 21.5 Å². The Morgan fingerprint density at radius 2 is 1.88 bits per heavy atom. The van der Waals surface area contributed by atoms with E-state index >= 15 is 0 Å². The highest BCUT2D eigenvalue weighted by molar-refractivity contribution is 5.81. The van der Waals surface area contributed by atoms with E-state index in [-0.39, 0.29) is 5.91 Å². The number of nitrogens with one attached hydrogen (secondary N) is 1. The molecule has 3 rings (SSSR count). The van der Waals surface area contributed by atoms with Crippen molar-refractivity contribution in [3.05, 3.63) is 66.0 Å². The van der Waals surface area contributed by atoms with Crippen LogP contribution in [-0.2, 0) is 17.9 Å². The van der Waals surface area contributed by atoms with Gasteiger partial charge in [-0.2, -0.15) is 0 Å². The molecule has 0 saturated carbocycles. The summed E-state index contributed by atoms with van der Waals surface area (Å²) in [6, 6.07) is 15.9. The summed E-state index contributed by atoms with van der Waals surface area (Å²) >= 11 is 0. The predicted molar refractivity (Wildman–Crippen MR) is 100 cm³/mol. The van der Waals surface area contributed by atoms with Crippen molar-refractivity contribution < 1.29 is 4.79 Å². The average Bonchev–Trinajstić information content (AvgIpc) is 3.04. The van der Waals surface area contributed by atoms with Gasteiger partial charge >= 0.3 is 0 Å². The van der Waals surface area contributed by atoms with Gasteiger partial charge < -0.3 is 15.6 Å². The molecule has 5 heteroatoms. The SMILES string of the molecule is CCCC(N)C(=O)NCc1ccc(Cn2cnc3ccccc32)cc1. The van der Waals surface area contributed by atoms with Crippen LogP contribution in [0.25, 0.3) is 11.0 Å². The number of hydrogen-bond donors (Lipinski definition) is 2. The second-order valence-electron chi connectivity index (χ2n) is 6.29. The minimum atomic E-state index is -0.418. The maximum Gasteiger partial charge on any atom is 0.237 e. The van der Waals surface area contributed by atoms with Gasteiger partial charge in [0.15, 0.2) is 0 Å². The largest absolute Gasteiger partial charge is 0.351 e. The molecule has 1 amide bonds. The third-order valence-corrected chi connectivity index (χ3v) is 4.31. The van der Waals surface area contributed by atoms with E-state index in [1.807, 2.05) is 43.6 Å². The van der Waals surface area contributed by atoms with Gasteiger partial charge in [0.05, 0.1) is 23.4 Å². The van der Waals surface area contributed by atoms with E-state index in [9.17, 15) is 4.79 Å². The van der Waals surface area contributed by atoms with Crippen molar-refractivity contribution in [2.75, 3.05) is 0 Å². The number of carbonyl (C=O) groups excluding carboxylic acids is 1. The molecule has 0 fully saturated rings. The van der Waals surface area contributed by atoms with Crippen molar-refractivity contribution in [1.82, 2.24) is 14.9 Å². The number of nitrogens with zero attached hydrogens (tertiary/aromatic N) is 2. The molecule has 3 N–H and O–H groups in total. The molecule has 1 heterocycles. The van der Waals surface area contributed by atoms with Crippen molar-refractivity contribution in [1.29, 1.82) is 0 Å². The van der Waals surface area contributed by atoms with Crippen molar-refractivity contribution in [3.8, 4) is 0 Å². The first-order valence-electron chi connectivity index (χ1n) is 8.68. The van der Waals surface area contributed by atoms with Gasteiger partial charge in [0.1, 0.15) is 0 Å². The minimum Gasteiger partial charge on any atom is -0.351 e. The monoisotopic (exact) mass is 336 g/mol. The lowest BCUT2D eigenvalue weighted by molar-refractivity contribution is -0.122. The molecule has 0 bridgehead atoms. The summed E-state index contributed by atoms with van der Waals surface area (Å²) in [5, 5.41) is 2.89.